The maximum absolute atomic E-state index is 5.19. The Labute approximate surface area is 76.9 Å². The summed E-state index contributed by atoms with van der Waals surface area (Å²) in [6.07, 6.45) is 9.69. The van der Waals surface area contributed by atoms with Crippen molar-refractivity contribution >= 4 is 0 Å². The number of unbranched alkanes of at least 4 members (excludes halogenated alkanes) is 1. The summed E-state index contributed by atoms with van der Waals surface area (Å²) in [5, 5.41) is 3.34. The summed E-state index contributed by atoms with van der Waals surface area (Å²) in [6, 6.07) is 0.642. The standard InChI is InChI=1S/C11H21N/c1-5-7-8-9-11(12-4)10(3)6-2/h1,10-12H,6-9H2,2-4H3. The van der Waals surface area contributed by atoms with Crippen LogP contribution in [0.25, 0.3) is 0 Å². The van der Waals surface area contributed by atoms with E-state index in [2.05, 4.69) is 25.1 Å². The van der Waals surface area contributed by atoms with Gasteiger partial charge in [-0.1, -0.05) is 20.3 Å². The Balaban J connectivity index is 3.61. The van der Waals surface area contributed by atoms with Gasteiger partial charge in [0, 0.05) is 12.5 Å². The fourth-order valence-corrected chi connectivity index (χ4v) is 1.42. The molecule has 0 fully saturated rings. The summed E-state index contributed by atoms with van der Waals surface area (Å²) in [5.41, 5.74) is 0. The third kappa shape index (κ3) is 4.41. The van der Waals surface area contributed by atoms with Gasteiger partial charge in [0.05, 0.1) is 0 Å². The van der Waals surface area contributed by atoms with Crippen LogP contribution in [0, 0.1) is 18.3 Å². The molecule has 0 aliphatic rings. The highest BCUT2D eigenvalue weighted by atomic mass is 14.9. The van der Waals surface area contributed by atoms with Crippen molar-refractivity contribution in [3.05, 3.63) is 0 Å². The lowest BCUT2D eigenvalue weighted by Crippen LogP contribution is -2.31. The summed E-state index contributed by atoms with van der Waals surface area (Å²) < 4.78 is 0. The van der Waals surface area contributed by atoms with Gasteiger partial charge in [-0.05, 0) is 25.8 Å². The van der Waals surface area contributed by atoms with Crippen molar-refractivity contribution in [1.29, 1.82) is 0 Å². The minimum atomic E-state index is 0.642. The van der Waals surface area contributed by atoms with Gasteiger partial charge >= 0.3 is 0 Å². The molecule has 0 bridgehead atoms. The molecule has 2 atom stereocenters. The molecule has 70 valence electrons. The Morgan fingerprint density at radius 2 is 2.17 bits per heavy atom. The summed E-state index contributed by atoms with van der Waals surface area (Å²) in [7, 11) is 2.03. The zero-order valence-electron chi connectivity index (χ0n) is 8.56. The molecule has 0 saturated carbocycles. The van der Waals surface area contributed by atoms with Gasteiger partial charge in [-0.3, -0.25) is 0 Å². The second-order valence-corrected chi connectivity index (χ2v) is 3.38. The van der Waals surface area contributed by atoms with Crippen molar-refractivity contribution in [1.82, 2.24) is 5.32 Å². The summed E-state index contributed by atoms with van der Waals surface area (Å²) in [4.78, 5) is 0. The first-order chi connectivity index (χ1) is 5.76. The minimum absolute atomic E-state index is 0.642. The largest absolute Gasteiger partial charge is 0.317 e. The topological polar surface area (TPSA) is 12.0 Å². The minimum Gasteiger partial charge on any atom is -0.317 e. The van der Waals surface area contributed by atoms with Crippen molar-refractivity contribution < 1.29 is 0 Å². The molecular weight excluding hydrogens is 146 g/mol. The Bertz CT molecular complexity index is 134. The maximum Gasteiger partial charge on any atom is 0.00899 e. The quantitative estimate of drug-likeness (QED) is 0.473. The Morgan fingerprint density at radius 1 is 1.50 bits per heavy atom. The molecule has 1 N–H and O–H groups in total. The predicted molar refractivity (Wildman–Crippen MR) is 55.0 cm³/mol. The van der Waals surface area contributed by atoms with Gasteiger partial charge in [0.25, 0.3) is 0 Å². The van der Waals surface area contributed by atoms with Crippen molar-refractivity contribution in [2.75, 3.05) is 7.05 Å². The van der Waals surface area contributed by atoms with Crippen LogP contribution in [0.2, 0.25) is 0 Å². The molecule has 1 heteroatoms. The lowest BCUT2D eigenvalue weighted by atomic mass is 9.95. The average molecular weight is 167 g/mol. The first-order valence-electron chi connectivity index (χ1n) is 4.87. The molecule has 0 aliphatic carbocycles. The average Bonchev–Trinajstić information content (AvgIpc) is 2.11. The molecule has 0 spiro atoms. The van der Waals surface area contributed by atoms with Crippen LogP contribution in [0.3, 0.4) is 0 Å². The summed E-state index contributed by atoms with van der Waals surface area (Å²) >= 11 is 0. The highest BCUT2D eigenvalue weighted by Gasteiger charge is 2.11. The van der Waals surface area contributed by atoms with Gasteiger partial charge in [0.15, 0.2) is 0 Å². The molecule has 12 heavy (non-hydrogen) atoms. The SMILES string of the molecule is C#CCCCC(NC)C(C)CC. The summed E-state index contributed by atoms with van der Waals surface area (Å²) in [5.74, 6) is 3.43. The summed E-state index contributed by atoms with van der Waals surface area (Å²) in [6.45, 7) is 4.52. The number of nitrogens with one attached hydrogen (secondary N) is 1. The first kappa shape index (κ1) is 11.5. The van der Waals surface area contributed by atoms with Crippen molar-refractivity contribution in [2.45, 2.75) is 45.6 Å². The second kappa shape index (κ2) is 7.18. The van der Waals surface area contributed by atoms with Crippen LogP contribution in [0.15, 0.2) is 0 Å². The van der Waals surface area contributed by atoms with Gasteiger partial charge in [-0.25, -0.2) is 0 Å². The van der Waals surface area contributed by atoms with E-state index in [0.717, 1.165) is 18.8 Å². The molecule has 0 aromatic heterocycles. The molecular formula is C11H21N. The first-order valence-corrected chi connectivity index (χ1v) is 4.87. The van der Waals surface area contributed by atoms with Crippen LogP contribution >= 0.6 is 0 Å². The van der Waals surface area contributed by atoms with Gasteiger partial charge in [-0.2, -0.15) is 0 Å². The zero-order chi connectivity index (χ0) is 9.40. The van der Waals surface area contributed by atoms with E-state index in [1.165, 1.54) is 12.8 Å². The van der Waals surface area contributed by atoms with Crippen molar-refractivity contribution in [3.8, 4) is 12.3 Å². The molecule has 0 heterocycles. The molecule has 1 nitrogen and oxygen atoms in total. The van der Waals surface area contributed by atoms with Crippen LogP contribution in [-0.4, -0.2) is 13.1 Å². The third-order valence-electron chi connectivity index (χ3n) is 2.54. The Morgan fingerprint density at radius 3 is 2.58 bits per heavy atom. The monoisotopic (exact) mass is 167 g/mol. The van der Waals surface area contributed by atoms with E-state index in [4.69, 9.17) is 6.42 Å². The van der Waals surface area contributed by atoms with E-state index in [1.807, 2.05) is 7.05 Å². The van der Waals surface area contributed by atoms with Crippen LogP contribution in [-0.2, 0) is 0 Å². The lowest BCUT2D eigenvalue weighted by Gasteiger charge is -2.21. The van der Waals surface area contributed by atoms with Crippen LogP contribution in [0.1, 0.15) is 39.5 Å². The molecule has 0 saturated heterocycles. The second-order valence-electron chi connectivity index (χ2n) is 3.38. The lowest BCUT2D eigenvalue weighted by molar-refractivity contribution is 0.363. The normalized spacial score (nSPS) is 15.2. The van der Waals surface area contributed by atoms with Gasteiger partial charge in [0.2, 0.25) is 0 Å². The number of hydrogen-bond donors (Lipinski definition) is 1. The molecule has 0 aliphatic heterocycles. The van der Waals surface area contributed by atoms with Crippen molar-refractivity contribution in [3.63, 3.8) is 0 Å². The van der Waals surface area contributed by atoms with Crippen LogP contribution in [0.4, 0.5) is 0 Å². The molecule has 0 aromatic rings. The highest BCUT2D eigenvalue weighted by Crippen LogP contribution is 2.12. The Hall–Kier alpha value is -0.480. The number of hydrogen-bond acceptors (Lipinski definition) is 1. The van der Waals surface area contributed by atoms with E-state index >= 15 is 0 Å². The fourth-order valence-electron chi connectivity index (χ4n) is 1.42. The van der Waals surface area contributed by atoms with E-state index < -0.39 is 0 Å². The molecule has 0 rings (SSSR count). The van der Waals surface area contributed by atoms with Crippen molar-refractivity contribution in [2.24, 2.45) is 5.92 Å². The van der Waals surface area contributed by atoms with Gasteiger partial charge in [0.1, 0.15) is 0 Å². The van der Waals surface area contributed by atoms with E-state index in [0.29, 0.717) is 6.04 Å². The third-order valence-corrected chi connectivity index (χ3v) is 2.54. The van der Waals surface area contributed by atoms with E-state index in [9.17, 15) is 0 Å². The zero-order valence-corrected chi connectivity index (χ0v) is 8.56. The predicted octanol–water partition coefficient (Wildman–Crippen LogP) is 2.42. The van der Waals surface area contributed by atoms with Gasteiger partial charge < -0.3 is 5.32 Å². The smallest absolute Gasteiger partial charge is 0.00899 e. The fraction of sp³-hybridized carbons (Fsp3) is 0.818. The molecule has 0 radical (unpaired) electrons. The van der Waals surface area contributed by atoms with E-state index in [-0.39, 0.29) is 0 Å². The van der Waals surface area contributed by atoms with Gasteiger partial charge in [-0.15, -0.1) is 12.3 Å². The van der Waals surface area contributed by atoms with E-state index in [1.54, 1.807) is 0 Å². The molecule has 0 amide bonds. The molecule has 2 unspecified atom stereocenters. The maximum atomic E-state index is 5.19. The van der Waals surface area contributed by atoms with Crippen LogP contribution in [0.5, 0.6) is 0 Å². The Kier molecular flexibility index (Phi) is 6.90. The van der Waals surface area contributed by atoms with Crippen LogP contribution < -0.4 is 5.32 Å². The number of rotatable bonds is 6. The highest BCUT2D eigenvalue weighted by molar-refractivity contribution is 4.84. The number of terminal acetylenes is 1. The molecule has 0 aromatic carbocycles.